The number of halogens is 1. The average molecular weight is 318 g/mol. The zero-order chi connectivity index (χ0) is 15.5. The Hall–Kier alpha value is -2.34. The molecule has 0 atom stereocenters. The second kappa shape index (κ2) is 6.19. The molecule has 2 N–H and O–H groups in total. The molecule has 7 heteroatoms. The molecular weight excluding hydrogens is 302 g/mol. The Labute approximate surface area is 132 Å². The van der Waals surface area contributed by atoms with E-state index in [9.17, 15) is 4.79 Å². The number of nitrogens with one attached hydrogen (secondary N) is 2. The third-order valence-corrected chi connectivity index (χ3v) is 3.89. The Kier molecular flexibility index (Phi) is 4.11. The van der Waals surface area contributed by atoms with Crippen LogP contribution in [0.5, 0.6) is 0 Å². The Morgan fingerprint density at radius 1 is 1.45 bits per heavy atom. The number of hydrogen-bond acceptors (Lipinski definition) is 3. The Morgan fingerprint density at radius 2 is 2.32 bits per heavy atom. The van der Waals surface area contributed by atoms with Gasteiger partial charge in [0.25, 0.3) is 0 Å². The van der Waals surface area contributed by atoms with Gasteiger partial charge in [-0.25, -0.2) is 4.98 Å². The summed E-state index contributed by atoms with van der Waals surface area (Å²) in [7, 11) is 0. The zero-order valence-corrected chi connectivity index (χ0v) is 12.9. The molecule has 0 spiro atoms. The summed E-state index contributed by atoms with van der Waals surface area (Å²) in [5.74, 6) is 0.924. The minimum atomic E-state index is -0.0315. The van der Waals surface area contributed by atoms with Crippen LogP contribution in [0.1, 0.15) is 18.7 Å². The molecule has 22 heavy (non-hydrogen) atoms. The largest absolute Gasteiger partial charge is 0.335 e. The fourth-order valence-corrected chi connectivity index (χ4v) is 2.58. The lowest BCUT2D eigenvalue weighted by Gasteiger charge is -2.08. The number of fused-ring (bicyclic) bond motifs is 1. The van der Waals surface area contributed by atoms with Crippen molar-refractivity contribution in [3.8, 4) is 0 Å². The number of nitrogens with zero attached hydrogens (tertiary/aromatic N) is 3. The van der Waals surface area contributed by atoms with Crippen molar-refractivity contribution in [3.63, 3.8) is 0 Å². The van der Waals surface area contributed by atoms with Crippen molar-refractivity contribution in [2.24, 2.45) is 0 Å². The number of carbonyl (C=O) groups excluding carboxylic acids is 1. The number of benzene rings is 1. The summed E-state index contributed by atoms with van der Waals surface area (Å²) in [5, 5.41) is 11.1. The highest BCUT2D eigenvalue weighted by atomic mass is 35.5. The van der Waals surface area contributed by atoms with Gasteiger partial charge < -0.3 is 9.88 Å². The first kappa shape index (κ1) is 14.6. The van der Waals surface area contributed by atoms with Gasteiger partial charge in [0.1, 0.15) is 5.82 Å². The summed E-state index contributed by atoms with van der Waals surface area (Å²) in [6, 6.07) is 3.53. The van der Waals surface area contributed by atoms with Crippen LogP contribution in [0.3, 0.4) is 0 Å². The summed E-state index contributed by atoms with van der Waals surface area (Å²) < 4.78 is 2.03. The zero-order valence-electron chi connectivity index (χ0n) is 12.1. The maximum atomic E-state index is 12.1. The number of carbonyl (C=O) groups is 1. The van der Waals surface area contributed by atoms with Crippen molar-refractivity contribution in [1.29, 1.82) is 0 Å². The molecule has 0 aliphatic heterocycles. The number of H-pyrrole nitrogens is 1. The van der Waals surface area contributed by atoms with Crippen molar-refractivity contribution in [1.82, 2.24) is 19.7 Å². The molecule has 3 rings (SSSR count). The monoisotopic (exact) mass is 317 g/mol. The molecule has 0 fully saturated rings. The van der Waals surface area contributed by atoms with E-state index in [4.69, 9.17) is 11.6 Å². The molecule has 1 amide bonds. The average Bonchev–Trinajstić information content (AvgIpc) is 3.12. The number of rotatable bonds is 5. The van der Waals surface area contributed by atoms with Crippen LogP contribution in [0.15, 0.2) is 30.7 Å². The second-order valence-electron chi connectivity index (χ2n) is 5.07. The van der Waals surface area contributed by atoms with Crippen LogP contribution in [0.25, 0.3) is 10.9 Å². The summed E-state index contributed by atoms with van der Waals surface area (Å²) in [6.45, 7) is 2.72. The lowest BCUT2D eigenvalue weighted by Crippen LogP contribution is -2.13. The summed E-state index contributed by atoms with van der Waals surface area (Å²) in [5.41, 5.74) is 1.44. The Balaban J connectivity index is 1.60. The Morgan fingerprint density at radius 3 is 3.09 bits per heavy atom. The summed E-state index contributed by atoms with van der Waals surface area (Å²) in [6.07, 6.45) is 6.52. The number of aromatic amines is 1. The van der Waals surface area contributed by atoms with Crippen molar-refractivity contribution in [3.05, 3.63) is 41.6 Å². The van der Waals surface area contributed by atoms with E-state index >= 15 is 0 Å². The number of hydrogen-bond donors (Lipinski definition) is 2. The van der Waals surface area contributed by atoms with Gasteiger partial charge in [-0.15, -0.1) is 0 Å². The van der Waals surface area contributed by atoms with Crippen LogP contribution < -0.4 is 5.32 Å². The predicted octanol–water partition coefficient (Wildman–Crippen LogP) is 3.14. The van der Waals surface area contributed by atoms with Gasteiger partial charge in [-0.05, 0) is 25.5 Å². The van der Waals surface area contributed by atoms with E-state index in [0.717, 1.165) is 29.7 Å². The lowest BCUT2D eigenvalue weighted by molar-refractivity contribution is -0.116. The molecule has 1 aromatic carbocycles. The highest BCUT2D eigenvalue weighted by Gasteiger charge is 2.09. The molecule has 114 valence electrons. The van der Waals surface area contributed by atoms with Gasteiger partial charge in [-0.1, -0.05) is 11.6 Å². The Bertz CT molecular complexity index is 807. The minimum absolute atomic E-state index is 0.0315. The minimum Gasteiger partial charge on any atom is -0.335 e. The van der Waals surface area contributed by atoms with E-state index in [1.165, 1.54) is 0 Å². The maximum Gasteiger partial charge on any atom is 0.224 e. The molecule has 0 saturated carbocycles. The van der Waals surface area contributed by atoms with Gasteiger partial charge in [0.05, 0.1) is 22.4 Å². The van der Waals surface area contributed by atoms with Crippen LogP contribution in [-0.4, -0.2) is 25.7 Å². The molecule has 6 nitrogen and oxygen atoms in total. The van der Waals surface area contributed by atoms with Crippen molar-refractivity contribution >= 4 is 34.1 Å². The van der Waals surface area contributed by atoms with Crippen LogP contribution in [0, 0.1) is 6.92 Å². The molecule has 0 bridgehead atoms. The molecule has 0 unspecified atom stereocenters. The van der Waals surface area contributed by atoms with Gasteiger partial charge in [0.15, 0.2) is 0 Å². The molecule has 0 aliphatic rings. The van der Waals surface area contributed by atoms with E-state index in [-0.39, 0.29) is 5.91 Å². The predicted molar refractivity (Wildman–Crippen MR) is 85.9 cm³/mol. The fraction of sp³-hybridized carbons (Fsp3) is 0.267. The topological polar surface area (TPSA) is 75.6 Å². The van der Waals surface area contributed by atoms with Gasteiger partial charge in [-0.2, -0.15) is 5.10 Å². The van der Waals surface area contributed by atoms with Crippen LogP contribution >= 0.6 is 11.6 Å². The first-order valence-electron chi connectivity index (χ1n) is 7.04. The molecule has 0 aliphatic carbocycles. The number of imidazole rings is 1. The van der Waals surface area contributed by atoms with Gasteiger partial charge in [-0.3, -0.25) is 9.89 Å². The first-order chi connectivity index (χ1) is 10.6. The third-order valence-electron chi connectivity index (χ3n) is 3.56. The lowest BCUT2D eigenvalue weighted by atomic mass is 10.2. The standard InChI is InChI=1S/C15H16ClN5O/c1-10-17-6-8-21(10)7-2-3-14(22)19-13-5-4-12(16)11-9-18-20-15(11)13/h4-6,8-9H,2-3,7H2,1H3,(H,18,20)(H,19,22). The van der Waals surface area contributed by atoms with Crippen LogP contribution in [0.4, 0.5) is 5.69 Å². The number of aromatic nitrogens is 4. The van der Waals surface area contributed by atoms with E-state index in [0.29, 0.717) is 17.1 Å². The second-order valence-corrected chi connectivity index (χ2v) is 5.48. The van der Waals surface area contributed by atoms with Gasteiger partial charge in [0.2, 0.25) is 5.91 Å². The first-order valence-corrected chi connectivity index (χ1v) is 7.42. The molecule has 0 radical (unpaired) electrons. The highest BCUT2D eigenvalue weighted by molar-refractivity contribution is 6.35. The molecular formula is C15H16ClN5O. The quantitative estimate of drug-likeness (QED) is 0.759. The van der Waals surface area contributed by atoms with Crippen molar-refractivity contribution in [2.75, 3.05) is 5.32 Å². The molecule has 0 saturated heterocycles. The fourth-order valence-electron chi connectivity index (χ4n) is 2.37. The van der Waals surface area contributed by atoms with Crippen LogP contribution in [-0.2, 0) is 11.3 Å². The molecule has 2 heterocycles. The number of anilines is 1. The van der Waals surface area contributed by atoms with Crippen molar-refractivity contribution in [2.45, 2.75) is 26.3 Å². The van der Waals surface area contributed by atoms with Crippen LogP contribution in [0.2, 0.25) is 5.02 Å². The van der Waals surface area contributed by atoms with Gasteiger partial charge in [0, 0.05) is 30.7 Å². The SMILES string of the molecule is Cc1nccn1CCCC(=O)Nc1ccc(Cl)c2cn[nH]c12. The molecule has 3 aromatic rings. The van der Waals surface area contributed by atoms with Crippen molar-refractivity contribution < 1.29 is 4.79 Å². The van der Waals surface area contributed by atoms with E-state index in [2.05, 4.69) is 20.5 Å². The third kappa shape index (κ3) is 2.96. The summed E-state index contributed by atoms with van der Waals surface area (Å²) in [4.78, 5) is 16.2. The van der Waals surface area contributed by atoms with E-state index in [1.807, 2.05) is 17.7 Å². The molecule has 2 aromatic heterocycles. The number of amides is 1. The van der Waals surface area contributed by atoms with E-state index in [1.54, 1.807) is 24.5 Å². The normalized spacial score (nSPS) is 11.0. The maximum absolute atomic E-state index is 12.1. The van der Waals surface area contributed by atoms with Gasteiger partial charge >= 0.3 is 0 Å². The smallest absolute Gasteiger partial charge is 0.224 e. The summed E-state index contributed by atoms with van der Waals surface area (Å²) >= 11 is 6.08. The van der Waals surface area contributed by atoms with E-state index < -0.39 is 0 Å². The highest BCUT2D eigenvalue weighted by Crippen LogP contribution is 2.27. The number of aryl methyl sites for hydroxylation is 2.